The third-order valence-electron chi connectivity index (χ3n) is 3.11. The van der Waals surface area contributed by atoms with Crippen LogP contribution in [-0.2, 0) is 10.0 Å². The molecule has 0 amide bonds. The highest BCUT2D eigenvalue weighted by Crippen LogP contribution is 2.26. The van der Waals surface area contributed by atoms with E-state index in [4.69, 9.17) is 5.73 Å². The highest BCUT2D eigenvalue weighted by Gasteiger charge is 2.29. The number of hydrogen-bond acceptors (Lipinski definition) is 3. The van der Waals surface area contributed by atoms with E-state index in [1.54, 1.807) is 6.08 Å². The van der Waals surface area contributed by atoms with Gasteiger partial charge in [0.25, 0.3) is 0 Å². The van der Waals surface area contributed by atoms with Gasteiger partial charge < -0.3 is 5.73 Å². The Labute approximate surface area is 110 Å². The third kappa shape index (κ3) is 2.48. The van der Waals surface area contributed by atoms with E-state index in [1.165, 1.54) is 0 Å². The number of rotatable bonds is 2. The lowest BCUT2D eigenvalue weighted by atomic mass is 10.1. The lowest BCUT2D eigenvalue weighted by molar-refractivity contribution is 0.426. The molecule has 19 heavy (non-hydrogen) atoms. The monoisotopic (exact) mass is 288 g/mol. The Morgan fingerprint density at radius 2 is 2.00 bits per heavy atom. The minimum Gasteiger partial charge on any atom is -0.394 e. The van der Waals surface area contributed by atoms with Crippen molar-refractivity contribution < 1.29 is 17.2 Å². The van der Waals surface area contributed by atoms with Crippen molar-refractivity contribution in [3.05, 3.63) is 35.4 Å². The van der Waals surface area contributed by atoms with Gasteiger partial charge in [0.1, 0.15) is 16.4 Å². The lowest BCUT2D eigenvalue weighted by Gasteiger charge is -2.25. The quantitative estimate of drug-likeness (QED) is 0.667. The van der Waals surface area contributed by atoms with Gasteiger partial charge in [-0.15, -0.1) is 0 Å². The standard InChI is InChI=1S/C12H14F2N2O2S/c1-8-4-6-16(7-5-8)19(17,18)10-3-2-9(13)12(15)11(10)14/h2-4H,5-7,15H2,1H3. The zero-order valence-corrected chi connectivity index (χ0v) is 11.2. The van der Waals surface area contributed by atoms with Gasteiger partial charge >= 0.3 is 0 Å². The molecular formula is C12H14F2N2O2S. The average molecular weight is 288 g/mol. The minimum atomic E-state index is -3.99. The number of nitrogen functional groups attached to an aromatic ring is 1. The molecule has 0 fully saturated rings. The van der Waals surface area contributed by atoms with E-state index in [2.05, 4.69) is 0 Å². The van der Waals surface area contributed by atoms with Crippen molar-refractivity contribution in [1.29, 1.82) is 0 Å². The first kappa shape index (κ1) is 14.0. The molecular weight excluding hydrogens is 274 g/mol. The number of hydrogen-bond donors (Lipinski definition) is 1. The predicted molar refractivity (Wildman–Crippen MR) is 67.9 cm³/mol. The van der Waals surface area contributed by atoms with Gasteiger partial charge in [0.15, 0.2) is 5.82 Å². The van der Waals surface area contributed by atoms with Crippen LogP contribution in [0.15, 0.2) is 28.7 Å². The molecule has 0 aromatic heterocycles. The van der Waals surface area contributed by atoms with Crippen LogP contribution in [0.25, 0.3) is 0 Å². The summed E-state index contributed by atoms with van der Waals surface area (Å²) in [7, 11) is -3.99. The summed E-state index contributed by atoms with van der Waals surface area (Å²) in [6.45, 7) is 2.37. The molecule has 0 unspecified atom stereocenters. The van der Waals surface area contributed by atoms with E-state index in [0.29, 0.717) is 6.42 Å². The number of benzene rings is 1. The van der Waals surface area contributed by atoms with Crippen LogP contribution in [0, 0.1) is 11.6 Å². The number of nitrogens with zero attached hydrogens (tertiary/aromatic N) is 1. The zero-order chi connectivity index (χ0) is 14.2. The highest BCUT2D eigenvalue weighted by atomic mass is 32.2. The van der Waals surface area contributed by atoms with E-state index in [1.807, 2.05) is 6.92 Å². The first-order valence-electron chi connectivity index (χ1n) is 5.73. The molecule has 0 saturated carbocycles. The Balaban J connectivity index is 2.44. The topological polar surface area (TPSA) is 63.4 Å². The summed E-state index contributed by atoms with van der Waals surface area (Å²) in [4.78, 5) is -0.584. The summed E-state index contributed by atoms with van der Waals surface area (Å²) in [5.74, 6) is -2.20. The number of sulfonamides is 1. The summed E-state index contributed by atoms with van der Waals surface area (Å²) < 4.78 is 52.5. The van der Waals surface area contributed by atoms with Crippen molar-refractivity contribution in [2.45, 2.75) is 18.2 Å². The molecule has 1 aliphatic heterocycles. The van der Waals surface area contributed by atoms with Crippen LogP contribution < -0.4 is 5.73 Å². The molecule has 0 spiro atoms. The molecule has 7 heteroatoms. The maximum atomic E-state index is 13.8. The summed E-state index contributed by atoms with van der Waals surface area (Å²) in [5, 5.41) is 0. The lowest BCUT2D eigenvalue weighted by Crippen LogP contribution is -2.35. The number of anilines is 1. The maximum absolute atomic E-state index is 13.8. The van der Waals surface area contributed by atoms with Crippen LogP contribution in [0.2, 0.25) is 0 Å². The largest absolute Gasteiger partial charge is 0.394 e. The van der Waals surface area contributed by atoms with E-state index in [0.717, 1.165) is 22.0 Å². The molecule has 1 aromatic rings. The molecule has 2 rings (SSSR count). The first-order valence-corrected chi connectivity index (χ1v) is 7.17. The van der Waals surface area contributed by atoms with Gasteiger partial charge in [-0.2, -0.15) is 4.31 Å². The predicted octanol–water partition coefficient (Wildman–Crippen LogP) is 1.89. The van der Waals surface area contributed by atoms with Gasteiger partial charge in [0, 0.05) is 13.1 Å². The number of halogens is 2. The Kier molecular flexibility index (Phi) is 3.60. The van der Waals surface area contributed by atoms with E-state index in [-0.39, 0.29) is 13.1 Å². The molecule has 0 atom stereocenters. The van der Waals surface area contributed by atoms with Gasteiger partial charge in [-0.3, -0.25) is 0 Å². The fraction of sp³-hybridized carbons (Fsp3) is 0.333. The molecule has 4 nitrogen and oxygen atoms in total. The Morgan fingerprint density at radius 1 is 1.32 bits per heavy atom. The Hall–Kier alpha value is -1.47. The van der Waals surface area contributed by atoms with Gasteiger partial charge in [0.05, 0.1) is 0 Å². The Morgan fingerprint density at radius 3 is 2.58 bits per heavy atom. The molecule has 1 heterocycles. The number of nitrogens with two attached hydrogens (primary N) is 1. The van der Waals surface area contributed by atoms with Crippen LogP contribution in [0.4, 0.5) is 14.5 Å². The van der Waals surface area contributed by atoms with Gasteiger partial charge in [-0.05, 0) is 25.5 Å². The normalized spacial score (nSPS) is 17.3. The van der Waals surface area contributed by atoms with Crippen LogP contribution in [-0.4, -0.2) is 25.8 Å². The Bertz CT molecular complexity index is 641. The second-order valence-corrected chi connectivity index (χ2v) is 6.34. The average Bonchev–Trinajstić information content (AvgIpc) is 2.36. The third-order valence-corrected chi connectivity index (χ3v) is 4.99. The van der Waals surface area contributed by atoms with E-state index < -0.39 is 32.2 Å². The van der Waals surface area contributed by atoms with Crippen molar-refractivity contribution in [1.82, 2.24) is 4.31 Å². The first-order chi connectivity index (χ1) is 8.84. The van der Waals surface area contributed by atoms with Gasteiger partial charge in [-0.25, -0.2) is 17.2 Å². The van der Waals surface area contributed by atoms with Crippen molar-refractivity contribution in [2.24, 2.45) is 0 Å². The molecule has 0 aliphatic carbocycles. The molecule has 104 valence electrons. The van der Waals surface area contributed by atoms with Gasteiger partial charge in [0.2, 0.25) is 10.0 Å². The molecule has 0 bridgehead atoms. The second kappa shape index (κ2) is 4.90. The summed E-state index contributed by atoms with van der Waals surface area (Å²) in [6.07, 6.45) is 2.36. The summed E-state index contributed by atoms with van der Waals surface area (Å²) >= 11 is 0. The van der Waals surface area contributed by atoms with E-state index in [9.17, 15) is 17.2 Å². The van der Waals surface area contributed by atoms with Crippen molar-refractivity contribution in [3.8, 4) is 0 Å². The second-order valence-electron chi connectivity index (χ2n) is 4.44. The van der Waals surface area contributed by atoms with Crippen LogP contribution in [0.5, 0.6) is 0 Å². The molecule has 0 saturated heterocycles. The fourth-order valence-corrected chi connectivity index (χ4v) is 3.32. The summed E-state index contributed by atoms with van der Waals surface area (Å²) in [6, 6.07) is 1.76. The molecule has 1 aliphatic rings. The zero-order valence-electron chi connectivity index (χ0n) is 10.4. The maximum Gasteiger partial charge on any atom is 0.246 e. The SMILES string of the molecule is CC1=CCN(S(=O)(=O)c2ccc(F)c(N)c2F)CC1. The molecule has 0 radical (unpaired) electrons. The molecule has 1 aromatic carbocycles. The van der Waals surface area contributed by atoms with Gasteiger partial charge in [-0.1, -0.05) is 11.6 Å². The van der Waals surface area contributed by atoms with Crippen LogP contribution in [0.3, 0.4) is 0 Å². The smallest absolute Gasteiger partial charge is 0.246 e. The highest BCUT2D eigenvalue weighted by molar-refractivity contribution is 7.89. The fourth-order valence-electron chi connectivity index (χ4n) is 1.86. The van der Waals surface area contributed by atoms with E-state index >= 15 is 0 Å². The minimum absolute atomic E-state index is 0.185. The summed E-state index contributed by atoms with van der Waals surface area (Å²) in [5.41, 5.74) is 5.50. The van der Waals surface area contributed by atoms with Crippen LogP contribution in [0.1, 0.15) is 13.3 Å². The van der Waals surface area contributed by atoms with Crippen molar-refractivity contribution >= 4 is 15.7 Å². The van der Waals surface area contributed by atoms with Crippen LogP contribution >= 0.6 is 0 Å². The molecule has 2 N–H and O–H groups in total. The van der Waals surface area contributed by atoms with Crippen molar-refractivity contribution in [2.75, 3.05) is 18.8 Å². The van der Waals surface area contributed by atoms with Crippen molar-refractivity contribution in [3.63, 3.8) is 0 Å².